The van der Waals surface area contributed by atoms with Gasteiger partial charge >= 0.3 is 0 Å². The molecule has 1 aliphatic rings. The van der Waals surface area contributed by atoms with Crippen LogP contribution in [0.5, 0.6) is 0 Å². The number of carbonyl (C=O) groups excluding carboxylic acids is 1. The van der Waals surface area contributed by atoms with Crippen LogP contribution in [-0.4, -0.2) is 21.5 Å². The van der Waals surface area contributed by atoms with Crippen LogP contribution in [0.4, 0.5) is 10.3 Å². The van der Waals surface area contributed by atoms with Gasteiger partial charge in [0, 0.05) is 25.1 Å². The summed E-state index contributed by atoms with van der Waals surface area (Å²) in [5.41, 5.74) is 7.14. The van der Waals surface area contributed by atoms with Crippen molar-refractivity contribution in [1.82, 2.24) is 9.55 Å². The molecule has 1 heterocycles. The van der Waals surface area contributed by atoms with Crippen LogP contribution in [0.2, 0.25) is 0 Å². The maximum atomic E-state index is 13.2. The van der Waals surface area contributed by atoms with Crippen LogP contribution < -0.4 is 11.1 Å². The third-order valence-corrected chi connectivity index (χ3v) is 3.92. The van der Waals surface area contributed by atoms with Crippen molar-refractivity contribution in [2.45, 2.75) is 25.3 Å². The number of nitrogens with one attached hydrogen (secondary N) is 1. The van der Waals surface area contributed by atoms with Crippen molar-refractivity contribution >= 4 is 22.9 Å². The van der Waals surface area contributed by atoms with E-state index in [1.807, 2.05) is 0 Å². The van der Waals surface area contributed by atoms with Crippen LogP contribution in [0.15, 0.2) is 18.2 Å². The molecule has 0 radical (unpaired) electrons. The number of amides is 1. The highest BCUT2D eigenvalue weighted by Crippen LogP contribution is 2.26. The van der Waals surface area contributed by atoms with Crippen LogP contribution in [0.1, 0.15) is 19.3 Å². The molecule has 20 heavy (non-hydrogen) atoms. The zero-order chi connectivity index (χ0) is 14.3. The van der Waals surface area contributed by atoms with E-state index in [9.17, 15) is 9.18 Å². The summed E-state index contributed by atoms with van der Waals surface area (Å²) in [6.45, 7) is 0. The lowest BCUT2D eigenvalue weighted by molar-refractivity contribution is -0.119. The Kier molecular flexibility index (Phi) is 3.17. The number of fused-ring (bicyclic) bond motifs is 1. The van der Waals surface area contributed by atoms with Crippen molar-refractivity contribution in [3.8, 4) is 0 Å². The topological polar surface area (TPSA) is 72.9 Å². The number of hydrogen-bond acceptors (Lipinski definition) is 3. The van der Waals surface area contributed by atoms with E-state index in [0.29, 0.717) is 17.9 Å². The average Bonchev–Trinajstić information content (AvgIpc) is 2.95. The second-order valence-corrected chi connectivity index (χ2v) is 5.39. The molecule has 3 N–H and O–H groups in total. The third-order valence-electron chi connectivity index (χ3n) is 3.92. The van der Waals surface area contributed by atoms with Crippen LogP contribution in [0, 0.1) is 11.7 Å². The molecule has 0 aliphatic heterocycles. The van der Waals surface area contributed by atoms with E-state index >= 15 is 0 Å². The first-order valence-electron chi connectivity index (χ1n) is 6.73. The number of nitrogens with zero attached hydrogens (tertiary/aromatic N) is 2. The standard InChI is InChI=1S/C14H17FN4O/c1-19-12-5-3-9(15)7-11(12)17-14(19)18-13(20)8-2-4-10(16)6-8/h3,5,7-8,10H,2,4,6,16H2,1H3,(H,17,18,20). The van der Waals surface area contributed by atoms with Crippen molar-refractivity contribution in [3.63, 3.8) is 0 Å². The molecule has 3 rings (SSSR count). The lowest BCUT2D eigenvalue weighted by Crippen LogP contribution is -2.24. The Balaban J connectivity index is 1.84. The molecule has 6 heteroatoms. The van der Waals surface area contributed by atoms with Crippen molar-refractivity contribution in [2.24, 2.45) is 18.7 Å². The number of carbonyl (C=O) groups is 1. The van der Waals surface area contributed by atoms with Gasteiger partial charge in [0.05, 0.1) is 11.0 Å². The molecule has 5 nitrogen and oxygen atoms in total. The van der Waals surface area contributed by atoms with Crippen molar-refractivity contribution in [1.29, 1.82) is 0 Å². The maximum Gasteiger partial charge on any atom is 0.229 e. The lowest BCUT2D eigenvalue weighted by atomic mass is 10.1. The first-order valence-corrected chi connectivity index (χ1v) is 6.73. The predicted molar refractivity (Wildman–Crippen MR) is 74.6 cm³/mol. The summed E-state index contributed by atoms with van der Waals surface area (Å²) >= 11 is 0. The lowest BCUT2D eigenvalue weighted by Gasteiger charge is -2.10. The van der Waals surface area contributed by atoms with Crippen LogP contribution >= 0.6 is 0 Å². The number of hydrogen-bond donors (Lipinski definition) is 2. The summed E-state index contributed by atoms with van der Waals surface area (Å²) in [6.07, 6.45) is 2.40. The van der Waals surface area contributed by atoms with Crippen LogP contribution in [-0.2, 0) is 11.8 Å². The van der Waals surface area contributed by atoms with E-state index in [1.165, 1.54) is 12.1 Å². The molecule has 1 aliphatic carbocycles. The largest absolute Gasteiger partial charge is 0.328 e. The Bertz CT molecular complexity index is 666. The summed E-state index contributed by atoms with van der Waals surface area (Å²) in [7, 11) is 1.79. The Morgan fingerprint density at radius 3 is 3.00 bits per heavy atom. The van der Waals surface area contributed by atoms with Crippen molar-refractivity contribution in [3.05, 3.63) is 24.0 Å². The Morgan fingerprint density at radius 2 is 2.30 bits per heavy atom. The fourth-order valence-corrected chi connectivity index (χ4v) is 2.75. The molecule has 1 aromatic carbocycles. The van der Waals surface area contributed by atoms with Gasteiger partial charge in [-0.25, -0.2) is 9.37 Å². The number of halogens is 1. The van der Waals surface area contributed by atoms with Crippen molar-refractivity contribution in [2.75, 3.05) is 5.32 Å². The van der Waals surface area contributed by atoms with Gasteiger partial charge in [0.2, 0.25) is 11.9 Å². The Hall–Kier alpha value is -1.95. The molecule has 0 saturated heterocycles. The monoisotopic (exact) mass is 276 g/mol. The minimum Gasteiger partial charge on any atom is -0.328 e. The van der Waals surface area contributed by atoms with Crippen molar-refractivity contribution < 1.29 is 9.18 Å². The normalized spacial score (nSPS) is 22.4. The number of benzene rings is 1. The predicted octanol–water partition coefficient (Wildman–Crippen LogP) is 1.78. The van der Waals surface area contributed by atoms with Gasteiger partial charge in [-0.3, -0.25) is 10.1 Å². The summed E-state index contributed by atoms with van der Waals surface area (Å²) < 4.78 is 14.9. The molecule has 2 aromatic rings. The second kappa shape index (κ2) is 4.86. The number of nitrogens with two attached hydrogens (primary N) is 1. The number of aryl methyl sites for hydroxylation is 1. The van der Waals surface area contributed by atoms with Crippen LogP contribution in [0.3, 0.4) is 0 Å². The number of aromatic nitrogens is 2. The molecule has 1 fully saturated rings. The molecule has 0 spiro atoms. The van der Waals surface area contributed by atoms with E-state index in [2.05, 4.69) is 10.3 Å². The zero-order valence-corrected chi connectivity index (χ0v) is 11.3. The molecule has 1 saturated carbocycles. The number of rotatable bonds is 2. The molecule has 1 aromatic heterocycles. The summed E-state index contributed by atoms with van der Waals surface area (Å²) in [6, 6.07) is 4.50. The van der Waals surface area contributed by atoms with Gasteiger partial charge in [-0.1, -0.05) is 0 Å². The number of imidazole rings is 1. The van der Waals surface area contributed by atoms with Gasteiger partial charge in [-0.05, 0) is 31.4 Å². The molecule has 1 amide bonds. The third kappa shape index (κ3) is 2.27. The SMILES string of the molecule is Cn1c(NC(=O)C2CCC(N)C2)nc2cc(F)ccc21. The summed E-state index contributed by atoms with van der Waals surface area (Å²) in [5.74, 6) is -0.00955. The minimum absolute atomic E-state index is 0.0541. The molecular formula is C14H17FN4O. The fraction of sp³-hybridized carbons (Fsp3) is 0.429. The van der Waals surface area contributed by atoms with Gasteiger partial charge in [-0.2, -0.15) is 0 Å². The highest BCUT2D eigenvalue weighted by Gasteiger charge is 2.28. The smallest absolute Gasteiger partial charge is 0.229 e. The van der Waals surface area contributed by atoms with Gasteiger partial charge < -0.3 is 10.3 Å². The van der Waals surface area contributed by atoms with E-state index in [0.717, 1.165) is 18.4 Å². The molecule has 2 unspecified atom stereocenters. The molecular weight excluding hydrogens is 259 g/mol. The maximum absolute atomic E-state index is 13.2. The molecule has 106 valence electrons. The highest BCUT2D eigenvalue weighted by molar-refractivity contribution is 5.93. The van der Waals surface area contributed by atoms with Gasteiger partial charge in [0.15, 0.2) is 0 Å². The zero-order valence-electron chi connectivity index (χ0n) is 11.3. The minimum atomic E-state index is -0.338. The van der Waals surface area contributed by atoms with Gasteiger partial charge in [-0.15, -0.1) is 0 Å². The number of anilines is 1. The quantitative estimate of drug-likeness (QED) is 0.878. The molecule has 0 bridgehead atoms. The van der Waals surface area contributed by atoms with E-state index < -0.39 is 0 Å². The first kappa shape index (κ1) is 13.1. The van der Waals surface area contributed by atoms with Gasteiger partial charge in [0.1, 0.15) is 5.82 Å². The van der Waals surface area contributed by atoms with Gasteiger partial charge in [0.25, 0.3) is 0 Å². The van der Waals surface area contributed by atoms with E-state index in [-0.39, 0.29) is 23.7 Å². The summed E-state index contributed by atoms with van der Waals surface area (Å²) in [5, 5.41) is 2.82. The Labute approximate surface area is 116 Å². The highest BCUT2D eigenvalue weighted by atomic mass is 19.1. The van der Waals surface area contributed by atoms with E-state index in [4.69, 9.17) is 5.73 Å². The molecule has 2 atom stereocenters. The first-order chi connectivity index (χ1) is 9.54. The van der Waals surface area contributed by atoms with Crippen LogP contribution in [0.25, 0.3) is 11.0 Å². The average molecular weight is 276 g/mol. The Morgan fingerprint density at radius 1 is 1.50 bits per heavy atom. The van der Waals surface area contributed by atoms with E-state index in [1.54, 1.807) is 17.7 Å². The summed E-state index contributed by atoms with van der Waals surface area (Å²) in [4.78, 5) is 16.4. The second-order valence-electron chi connectivity index (χ2n) is 5.39. The fourth-order valence-electron chi connectivity index (χ4n) is 2.75.